The molecule has 26 heavy (non-hydrogen) atoms. The molecule has 4 rings (SSSR count). The van der Waals surface area contributed by atoms with Gasteiger partial charge in [-0.15, -0.1) is 10.2 Å². The molecule has 0 aliphatic carbocycles. The second kappa shape index (κ2) is 6.72. The first-order valence-electron chi connectivity index (χ1n) is 8.23. The lowest BCUT2D eigenvalue weighted by Gasteiger charge is -2.12. The van der Waals surface area contributed by atoms with Gasteiger partial charge in [0.05, 0.1) is 5.52 Å². The summed E-state index contributed by atoms with van der Waals surface area (Å²) in [6.07, 6.45) is 0. The monoisotopic (exact) mass is 365 g/mol. The van der Waals surface area contributed by atoms with Crippen molar-refractivity contribution in [3.8, 4) is 23.2 Å². The van der Waals surface area contributed by atoms with Gasteiger partial charge < -0.3 is 9.73 Å². The van der Waals surface area contributed by atoms with Gasteiger partial charge in [-0.3, -0.25) is 0 Å². The summed E-state index contributed by atoms with van der Waals surface area (Å²) in [5, 5.41) is 13.1. The molecule has 0 atom stereocenters. The van der Waals surface area contributed by atoms with Crippen molar-refractivity contribution in [1.82, 2.24) is 20.2 Å². The maximum absolute atomic E-state index is 6.03. The normalized spacial score (nSPS) is 11.2. The Balaban J connectivity index is 1.79. The number of hydrogen-bond acceptors (Lipinski definition) is 6. The molecule has 7 heteroatoms. The summed E-state index contributed by atoms with van der Waals surface area (Å²) >= 11 is 6.03. The number of nitrogens with zero attached hydrogens (tertiary/aromatic N) is 4. The molecule has 2 aromatic carbocycles. The lowest BCUT2D eigenvalue weighted by molar-refractivity contribution is 0.579. The molecule has 4 aromatic rings. The largest absolute Gasteiger partial charge is 0.413 e. The van der Waals surface area contributed by atoms with Gasteiger partial charge >= 0.3 is 0 Å². The van der Waals surface area contributed by atoms with E-state index in [1.54, 1.807) is 12.1 Å². The van der Waals surface area contributed by atoms with Crippen molar-refractivity contribution in [2.24, 2.45) is 0 Å². The molecular weight excluding hydrogens is 350 g/mol. The van der Waals surface area contributed by atoms with Crippen LogP contribution in [0.2, 0.25) is 5.02 Å². The van der Waals surface area contributed by atoms with Gasteiger partial charge in [-0.1, -0.05) is 29.8 Å². The van der Waals surface area contributed by atoms with E-state index < -0.39 is 0 Å². The fourth-order valence-electron chi connectivity index (χ4n) is 2.61. The summed E-state index contributed by atoms with van der Waals surface area (Å²) in [5.41, 5.74) is 1.56. The lowest BCUT2D eigenvalue weighted by Crippen LogP contribution is -2.12. The molecule has 1 N–H and O–H groups in total. The molecule has 2 heterocycles. The molecule has 0 aliphatic rings. The minimum absolute atomic E-state index is 0.228. The minimum Gasteiger partial charge on any atom is -0.413 e. The van der Waals surface area contributed by atoms with Crippen molar-refractivity contribution in [3.63, 3.8) is 0 Å². The zero-order valence-corrected chi connectivity index (χ0v) is 15.0. The zero-order chi connectivity index (χ0) is 18.1. The maximum atomic E-state index is 6.03. The molecule has 0 spiro atoms. The highest BCUT2D eigenvalue weighted by atomic mass is 35.5. The van der Waals surface area contributed by atoms with E-state index in [0.29, 0.717) is 16.7 Å². The number of fused-ring (bicyclic) bond motifs is 1. The molecule has 0 aliphatic heterocycles. The van der Waals surface area contributed by atoms with Crippen LogP contribution in [-0.4, -0.2) is 26.2 Å². The van der Waals surface area contributed by atoms with Crippen molar-refractivity contribution in [2.75, 3.05) is 5.32 Å². The van der Waals surface area contributed by atoms with E-state index >= 15 is 0 Å². The second-order valence-electron chi connectivity index (χ2n) is 6.13. The Bertz CT molecular complexity index is 1080. The molecule has 0 fully saturated rings. The average Bonchev–Trinajstić information content (AvgIpc) is 3.11. The first kappa shape index (κ1) is 16.5. The third kappa shape index (κ3) is 3.23. The first-order valence-corrected chi connectivity index (χ1v) is 8.61. The fraction of sp³-hybridized carbons (Fsp3) is 0.158. The highest BCUT2D eigenvalue weighted by molar-refractivity contribution is 6.30. The predicted molar refractivity (Wildman–Crippen MR) is 102 cm³/mol. The summed E-state index contributed by atoms with van der Waals surface area (Å²) in [7, 11) is 0. The Kier molecular flexibility index (Phi) is 4.26. The number of nitrogens with one attached hydrogen (secondary N) is 1. The quantitative estimate of drug-likeness (QED) is 0.558. The fourth-order valence-corrected chi connectivity index (χ4v) is 2.80. The van der Waals surface area contributed by atoms with Gasteiger partial charge in [-0.2, -0.15) is 0 Å². The first-order chi connectivity index (χ1) is 12.6. The predicted octanol–water partition coefficient (Wildman–Crippen LogP) is 4.82. The molecule has 0 saturated carbocycles. The number of hydrogen-bond donors (Lipinski definition) is 1. The highest BCUT2D eigenvalue weighted by Crippen LogP contribution is 2.27. The van der Waals surface area contributed by atoms with Crippen LogP contribution < -0.4 is 5.32 Å². The van der Waals surface area contributed by atoms with Crippen molar-refractivity contribution in [2.45, 2.75) is 19.9 Å². The minimum atomic E-state index is 0.228. The van der Waals surface area contributed by atoms with Crippen LogP contribution in [-0.2, 0) is 0 Å². The van der Waals surface area contributed by atoms with Gasteiger partial charge in [-0.05, 0) is 44.2 Å². The standard InChI is InChI=1S/C19H16ClN5O/c1-11(2)21-16-14-8-3-4-9-15(14)22-17(23-16)19-25-24-18(26-19)12-6-5-7-13(20)10-12/h3-11H,1-2H3,(H,21,22,23). The number of anilines is 1. The third-order valence-electron chi connectivity index (χ3n) is 3.72. The van der Waals surface area contributed by atoms with Gasteiger partial charge in [0, 0.05) is 22.0 Å². The Morgan fingerprint density at radius 2 is 1.77 bits per heavy atom. The lowest BCUT2D eigenvalue weighted by atomic mass is 10.2. The summed E-state index contributed by atoms with van der Waals surface area (Å²) < 4.78 is 5.79. The van der Waals surface area contributed by atoms with Crippen LogP contribution in [0.5, 0.6) is 0 Å². The van der Waals surface area contributed by atoms with E-state index in [1.807, 2.05) is 36.4 Å². The van der Waals surface area contributed by atoms with Crippen LogP contribution in [0.3, 0.4) is 0 Å². The third-order valence-corrected chi connectivity index (χ3v) is 3.95. The van der Waals surface area contributed by atoms with E-state index in [1.165, 1.54) is 0 Å². The SMILES string of the molecule is CC(C)Nc1nc(-c2nnc(-c3cccc(Cl)c3)o2)nc2ccccc12. The molecule has 0 radical (unpaired) electrons. The van der Waals surface area contributed by atoms with E-state index in [4.69, 9.17) is 16.0 Å². The summed E-state index contributed by atoms with van der Waals surface area (Å²) in [4.78, 5) is 9.16. The van der Waals surface area contributed by atoms with Crippen LogP contribution >= 0.6 is 11.6 Å². The van der Waals surface area contributed by atoms with Crippen LogP contribution in [0.25, 0.3) is 34.1 Å². The van der Waals surface area contributed by atoms with Crippen molar-refractivity contribution >= 4 is 28.3 Å². The maximum Gasteiger partial charge on any atom is 0.286 e. The molecular formula is C19H16ClN5O. The van der Waals surface area contributed by atoms with Crippen LogP contribution in [0.4, 0.5) is 5.82 Å². The summed E-state index contributed by atoms with van der Waals surface area (Å²) in [5.74, 6) is 1.76. The van der Waals surface area contributed by atoms with E-state index in [-0.39, 0.29) is 11.9 Å². The van der Waals surface area contributed by atoms with Crippen LogP contribution in [0.15, 0.2) is 52.9 Å². The number of halogens is 1. The molecule has 0 saturated heterocycles. The van der Waals surface area contributed by atoms with E-state index in [0.717, 1.165) is 22.3 Å². The number of rotatable bonds is 4. The second-order valence-corrected chi connectivity index (χ2v) is 6.57. The van der Waals surface area contributed by atoms with Crippen molar-refractivity contribution in [1.29, 1.82) is 0 Å². The molecule has 0 amide bonds. The van der Waals surface area contributed by atoms with Gasteiger partial charge in [0.15, 0.2) is 0 Å². The van der Waals surface area contributed by atoms with Crippen LogP contribution in [0.1, 0.15) is 13.8 Å². The summed E-state index contributed by atoms with van der Waals surface area (Å²) in [6, 6.07) is 15.3. The smallest absolute Gasteiger partial charge is 0.286 e. The molecule has 0 unspecified atom stereocenters. The van der Waals surface area contributed by atoms with Gasteiger partial charge in [-0.25, -0.2) is 9.97 Å². The Morgan fingerprint density at radius 1 is 0.962 bits per heavy atom. The number of para-hydroxylation sites is 1. The van der Waals surface area contributed by atoms with Crippen molar-refractivity contribution in [3.05, 3.63) is 53.6 Å². The van der Waals surface area contributed by atoms with E-state index in [9.17, 15) is 0 Å². The number of benzene rings is 2. The molecule has 130 valence electrons. The van der Waals surface area contributed by atoms with E-state index in [2.05, 4.69) is 39.3 Å². The van der Waals surface area contributed by atoms with Gasteiger partial charge in [0.2, 0.25) is 11.7 Å². The Labute approximate surface area is 155 Å². The van der Waals surface area contributed by atoms with Gasteiger partial charge in [0.25, 0.3) is 5.89 Å². The number of aromatic nitrogens is 4. The van der Waals surface area contributed by atoms with Crippen LogP contribution in [0, 0.1) is 0 Å². The van der Waals surface area contributed by atoms with Gasteiger partial charge in [0.1, 0.15) is 5.82 Å². The Morgan fingerprint density at radius 3 is 2.58 bits per heavy atom. The molecule has 0 bridgehead atoms. The zero-order valence-electron chi connectivity index (χ0n) is 14.3. The summed E-state index contributed by atoms with van der Waals surface area (Å²) in [6.45, 7) is 4.11. The van der Waals surface area contributed by atoms with Crippen molar-refractivity contribution < 1.29 is 4.42 Å². The molecule has 2 aromatic heterocycles. The topological polar surface area (TPSA) is 76.7 Å². The molecule has 6 nitrogen and oxygen atoms in total. The Hall–Kier alpha value is -2.99. The highest BCUT2D eigenvalue weighted by Gasteiger charge is 2.16. The average molecular weight is 366 g/mol.